The summed E-state index contributed by atoms with van der Waals surface area (Å²) < 4.78 is 11.0. The van der Waals surface area contributed by atoms with Crippen molar-refractivity contribution in [2.45, 2.75) is 57.9 Å². The SMILES string of the molecule is CC(C)(C)OC(=O)N1CCCC(N2CC(N3CCN(C(=O)OCc4ccccc4)CC3)C2)C1. The maximum absolute atomic E-state index is 12.4. The van der Waals surface area contributed by atoms with Crippen molar-refractivity contribution in [2.75, 3.05) is 52.4 Å². The van der Waals surface area contributed by atoms with Crippen molar-refractivity contribution in [3.05, 3.63) is 35.9 Å². The van der Waals surface area contributed by atoms with Gasteiger partial charge in [-0.3, -0.25) is 9.80 Å². The lowest BCUT2D eigenvalue weighted by molar-refractivity contribution is -0.0376. The van der Waals surface area contributed by atoms with Gasteiger partial charge in [0, 0.05) is 64.4 Å². The highest BCUT2D eigenvalue weighted by atomic mass is 16.6. The van der Waals surface area contributed by atoms with Crippen molar-refractivity contribution in [1.29, 1.82) is 0 Å². The van der Waals surface area contributed by atoms with Crippen molar-refractivity contribution in [1.82, 2.24) is 19.6 Å². The average Bonchev–Trinajstić information content (AvgIpc) is 2.77. The monoisotopic (exact) mass is 458 g/mol. The summed E-state index contributed by atoms with van der Waals surface area (Å²) in [5, 5.41) is 0. The first-order valence-corrected chi connectivity index (χ1v) is 12.2. The molecule has 182 valence electrons. The van der Waals surface area contributed by atoms with E-state index in [0.29, 0.717) is 31.8 Å². The molecule has 0 aliphatic carbocycles. The third kappa shape index (κ3) is 6.38. The fraction of sp³-hybridized carbons (Fsp3) is 0.680. The van der Waals surface area contributed by atoms with Gasteiger partial charge in [-0.25, -0.2) is 9.59 Å². The van der Waals surface area contributed by atoms with Crippen LogP contribution in [0.2, 0.25) is 0 Å². The van der Waals surface area contributed by atoms with E-state index in [1.165, 1.54) is 0 Å². The zero-order valence-corrected chi connectivity index (χ0v) is 20.2. The minimum atomic E-state index is -0.456. The number of nitrogens with zero attached hydrogens (tertiary/aromatic N) is 4. The number of carbonyl (C=O) groups excluding carboxylic acids is 2. The van der Waals surface area contributed by atoms with Crippen LogP contribution >= 0.6 is 0 Å². The Hall–Kier alpha value is -2.32. The lowest BCUT2D eigenvalue weighted by atomic mass is 9.97. The Labute approximate surface area is 197 Å². The van der Waals surface area contributed by atoms with Gasteiger partial charge in [0.15, 0.2) is 0 Å². The highest BCUT2D eigenvalue weighted by Gasteiger charge is 2.39. The van der Waals surface area contributed by atoms with Crippen LogP contribution in [-0.2, 0) is 16.1 Å². The molecule has 0 N–H and O–H groups in total. The van der Waals surface area contributed by atoms with Gasteiger partial charge in [-0.1, -0.05) is 30.3 Å². The second kappa shape index (κ2) is 10.3. The summed E-state index contributed by atoms with van der Waals surface area (Å²) in [6.07, 6.45) is 1.74. The van der Waals surface area contributed by atoms with Crippen molar-refractivity contribution < 1.29 is 19.1 Å². The molecular formula is C25H38N4O4. The van der Waals surface area contributed by atoms with E-state index < -0.39 is 5.60 Å². The number of hydrogen-bond donors (Lipinski definition) is 0. The quantitative estimate of drug-likeness (QED) is 0.691. The van der Waals surface area contributed by atoms with Crippen LogP contribution in [0.3, 0.4) is 0 Å². The first-order chi connectivity index (χ1) is 15.8. The minimum absolute atomic E-state index is 0.195. The van der Waals surface area contributed by atoms with E-state index in [0.717, 1.165) is 57.7 Å². The second-order valence-electron chi connectivity index (χ2n) is 10.4. The molecule has 1 atom stereocenters. The Balaban J connectivity index is 1.16. The molecular weight excluding hydrogens is 420 g/mol. The molecule has 0 aromatic heterocycles. The van der Waals surface area contributed by atoms with Gasteiger partial charge in [-0.2, -0.15) is 0 Å². The van der Waals surface area contributed by atoms with Crippen molar-refractivity contribution in [3.63, 3.8) is 0 Å². The maximum Gasteiger partial charge on any atom is 0.410 e. The third-order valence-corrected chi connectivity index (χ3v) is 6.75. The fourth-order valence-electron chi connectivity index (χ4n) is 4.84. The number of benzene rings is 1. The zero-order valence-electron chi connectivity index (χ0n) is 20.2. The standard InChI is InChI=1S/C25H38N4O4/c1-25(2,3)33-24(31)28-11-7-10-21(16-28)29-17-22(18-29)26-12-14-27(15-13-26)23(30)32-19-20-8-5-4-6-9-20/h4-6,8-9,21-22H,7,10-19H2,1-3H3. The van der Waals surface area contributed by atoms with Gasteiger partial charge < -0.3 is 19.3 Å². The molecule has 4 rings (SSSR count). The van der Waals surface area contributed by atoms with Gasteiger partial charge in [0.1, 0.15) is 12.2 Å². The van der Waals surface area contributed by atoms with Crippen LogP contribution in [0.1, 0.15) is 39.2 Å². The molecule has 0 spiro atoms. The summed E-state index contributed by atoms with van der Waals surface area (Å²) in [6.45, 7) is 12.8. The van der Waals surface area contributed by atoms with Gasteiger partial charge >= 0.3 is 12.2 Å². The number of amides is 2. The molecule has 1 aromatic carbocycles. The summed E-state index contributed by atoms with van der Waals surface area (Å²) in [5.41, 5.74) is 0.550. The topological polar surface area (TPSA) is 65.6 Å². The lowest BCUT2D eigenvalue weighted by Gasteiger charge is -2.52. The summed E-state index contributed by atoms with van der Waals surface area (Å²) in [5.74, 6) is 0. The maximum atomic E-state index is 12.4. The summed E-state index contributed by atoms with van der Waals surface area (Å²) in [6, 6.07) is 10.7. The Morgan fingerprint density at radius 1 is 0.848 bits per heavy atom. The van der Waals surface area contributed by atoms with Crippen molar-refractivity contribution in [3.8, 4) is 0 Å². The van der Waals surface area contributed by atoms with E-state index in [4.69, 9.17) is 9.47 Å². The number of carbonyl (C=O) groups is 2. The van der Waals surface area contributed by atoms with Crippen LogP contribution in [-0.4, -0.2) is 102 Å². The number of rotatable bonds is 4. The Morgan fingerprint density at radius 3 is 2.21 bits per heavy atom. The van der Waals surface area contributed by atoms with Crippen molar-refractivity contribution in [2.24, 2.45) is 0 Å². The zero-order chi connectivity index (χ0) is 23.4. The van der Waals surface area contributed by atoms with E-state index in [1.807, 2.05) is 60.9 Å². The van der Waals surface area contributed by atoms with Crippen LogP contribution < -0.4 is 0 Å². The van der Waals surface area contributed by atoms with Gasteiger partial charge in [-0.05, 0) is 39.2 Å². The predicted molar refractivity (Wildman–Crippen MR) is 126 cm³/mol. The van der Waals surface area contributed by atoms with Crippen LogP contribution in [0.4, 0.5) is 9.59 Å². The molecule has 8 heteroatoms. The molecule has 2 amide bonds. The Kier molecular flexibility index (Phi) is 7.44. The van der Waals surface area contributed by atoms with Crippen LogP contribution in [0.25, 0.3) is 0 Å². The summed E-state index contributed by atoms with van der Waals surface area (Å²) in [7, 11) is 0. The van der Waals surface area contributed by atoms with E-state index in [-0.39, 0.29) is 12.2 Å². The molecule has 3 saturated heterocycles. The molecule has 1 unspecified atom stereocenters. The molecule has 33 heavy (non-hydrogen) atoms. The number of likely N-dealkylation sites (tertiary alicyclic amines) is 2. The second-order valence-corrected chi connectivity index (χ2v) is 10.4. The van der Waals surface area contributed by atoms with Crippen LogP contribution in [0.15, 0.2) is 30.3 Å². The van der Waals surface area contributed by atoms with E-state index in [9.17, 15) is 9.59 Å². The smallest absolute Gasteiger partial charge is 0.410 e. The van der Waals surface area contributed by atoms with Crippen LogP contribution in [0, 0.1) is 0 Å². The average molecular weight is 459 g/mol. The Bertz CT molecular complexity index is 798. The third-order valence-electron chi connectivity index (χ3n) is 6.75. The first kappa shape index (κ1) is 23.8. The van der Waals surface area contributed by atoms with Gasteiger partial charge in [0.2, 0.25) is 0 Å². The predicted octanol–water partition coefficient (Wildman–Crippen LogP) is 3.02. The molecule has 3 heterocycles. The number of piperidine rings is 1. The molecule has 1 aromatic rings. The number of hydrogen-bond acceptors (Lipinski definition) is 6. The Morgan fingerprint density at radius 2 is 1.55 bits per heavy atom. The number of piperazine rings is 1. The molecule has 0 bridgehead atoms. The van der Waals surface area contributed by atoms with E-state index >= 15 is 0 Å². The van der Waals surface area contributed by atoms with E-state index in [1.54, 1.807) is 0 Å². The molecule has 3 aliphatic heterocycles. The van der Waals surface area contributed by atoms with Crippen molar-refractivity contribution >= 4 is 12.2 Å². The largest absolute Gasteiger partial charge is 0.445 e. The molecule has 3 fully saturated rings. The summed E-state index contributed by atoms with van der Waals surface area (Å²) >= 11 is 0. The normalized spacial score (nSPS) is 23.2. The lowest BCUT2D eigenvalue weighted by Crippen LogP contribution is -2.67. The number of ether oxygens (including phenoxy) is 2. The van der Waals surface area contributed by atoms with E-state index in [2.05, 4.69) is 9.80 Å². The highest BCUT2D eigenvalue weighted by Crippen LogP contribution is 2.25. The summed E-state index contributed by atoms with van der Waals surface area (Å²) in [4.78, 5) is 33.5. The molecule has 3 aliphatic rings. The molecule has 0 radical (unpaired) electrons. The first-order valence-electron chi connectivity index (χ1n) is 12.2. The minimum Gasteiger partial charge on any atom is -0.445 e. The fourth-order valence-corrected chi connectivity index (χ4v) is 4.84. The highest BCUT2D eigenvalue weighted by molar-refractivity contribution is 5.68. The van der Waals surface area contributed by atoms with Gasteiger partial charge in [0.05, 0.1) is 0 Å². The van der Waals surface area contributed by atoms with Gasteiger partial charge in [-0.15, -0.1) is 0 Å². The van der Waals surface area contributed by atoms with Crippen LogP contribution in [0.5, 0.6) is 0 Å². The van der Waals surface area contributed by atoms with Gasteiger partial charge in [0.25, 0.3) is 0 Å². The molecule has 0 saturated carbocycles. The molecule has 8 nitrogen and oxygen atoms in total.